The van der Waals surface area contributed by atoms with Crippen LogP contribution in [0.2, 0.25) is 51.9 Å². The third-order valence-corrected chi connectivity index (χ3v) is 12.8. The maximum Gasteiger partial charge on any atom is 0.314 e. The van der Waals surface area contributed by atoms with Gasteiger partial charge in [-0.3, -0.25) is 4.98 Å². The van der Waals surface area contributed by atoms with Crippen molar-refractivity contribution in [2.75, 3.05) is 0 Å². The second-order valence-electron chi connectivity index (χ2n) is 8.32. The third kappa shape index (κ3) is 7.32. The second kappa shape index (κ2) is 7.09. The maximum absolute atomic E-state index is 6.54. The summed E-state index contributed by atoms with van der Waals surface area (Å²) in [7, 11) is -5.37. The lowest BCUT2D eigenvalue weighted by Gasteiger charge is -2.38. The first-order chi connectivity index (χ1) is 9.80. The molecule has 0 aromatic carbocycles. The van der Waals surface area contributed by atoms with Crippen molar-refractivity contribution in [3.05, 3.63) is 29.1 Å². The first-order valence-corrected chi connectivity index (χ1v) is 17.5. The van der Waals surface area contributed by atoms with E-state index < -0.39 is 25.2 Å². The van der Waals surface area contributed by atoms with Gasteiger partial charge in [-0.15, -0.1) is 0 Å². The number of hydrogen-bond acceptors (Lipinski definition) is 3. The SMILES string of the molecule is Cc1cnc(CC[Si](C)(O[Si](C)(C)C)O[Si](C)(C)C)cc1C. The molecule has 0 amide bonds. The van der Waals surface area contributed by atoms with Crippen LogP contribution >= 0.6 is 0 Å². The lowest BCUT2D eigenvalue weighted by Crippen LogP contribution is -2.52. The summed E-state index contributed by atoms with van der Waals surface area (Å²) in [5.41, 5.74) is 3.71. The van der Waals surface area contributed by atoms with Gasteiger partial charge in [0, 0.05) is 11.9 Å². The molecule has 126 valence electrons. The van der Waals surface area contributed by atoms with Gasteiger partial charge in [0.05, 0.1) is 0 Å². The van der Waals surface area contributed by atoms with Crippen molar-refractivity contribution in [3.63, 3.8) is 0 Å². The monoisotopic (exact) mass is 355 g/mol. The third-order valence-electron chi connectivity index (χ3n) is 3.31. The molecular formula is C16H33NO2Si3. The Morgan fingerprint density at radius 3 is 1.77 bits per heavy atom. The molecule has 1 heterocycles. The van der Waals surface area contributed by atoms with Crippen LogP contribution in [0.5, 0.6) is 0 Å². The molecule has 1 rings (SSSR count). The Labute approximate surface area is 140 Å². The lowest BCUT2D eigenvalue weighted by molar-refractivity contribution is 0.383. The lowest BCUT2D eigenvalue weighted by atomic mass is 10.1. The van der Waals surface area contributed by atoms with Gasteiger partial charge < -0.3 is 8.23 Å². The molecule has 22 heavy (non-hydrogen) atoms. The molecule has 0 fully saturated rings. The van der Waals surface area contributed by atoms with E-state index in [0.29, 0.717) is 0 Å². The average molecular weight is 356 g/mol. The van der Waals surface area contributed by atoms with Crippen LogP contribution in [0.3, 0.4) is 0 Å². The van der Waals surface area contributed by atoms with E-state index in [9.17, 15) is 0 Å². The van der Waals surface area contributed by atoms with E-state index in [1.54, 1.807) is 0 Å². The Morgan fingerprint density at radius 2 is 1.36 bits per heavy atom. The minimum atomic E-state index is -2.15. The molecule has 0 unspecified atom stereocenters. The maximum atomic E-state index is 6.54. The summed E-state index contributed by atoms with van der Waals surface area (Å²) in [5.74, 6) is 0. The van der Waals surface area contributed by atoms with Crippen LogP contribution in [-0.2, 0) is 14.7 Å². The van der Waals surface area contributed by atoms with Crippen molar-refractivity contribution in [3.8, 4) is 0 Å². The minimum Gasteiger partial charge on any atom is -0.437 e. The standard InChI is InChI=1S/C16H33NO2Si3/c1-14-12-16(17-13-15(14)2)10-11-22(9,18-20(3,4)5)19-21(6,7)8/h12-13H,10-11H2,1-9H3. The number of hydrogen-bond donors (Lipinski definition) is 0. The molecule has 0 aliphatic rings. The summed E-state index contributed by atoms with van der Waals surface area (Å²) in [5, 5.41) is 0. The molecular weight excluding hydrogens is 322 g/mol. The van der Waals surface area contributed by atoms with Gasteiger partial charge in [-0.05, 0) is 89.3 Å². The highest BCUT2D eigenvalue weighted by molar-refractivity contribution is 6.87. The van der Waals surface area contributed by atoms with Crippen molar-refractivity contribution < 1.29 is 8.23 Å². The molecule has 0 saturated heterocycles. The van der Waals surface area contributed by atoms with E-state index in [0.717, 1.165) is 18.2 Å². The molecule has 3 nitrogen and oxygen atoms in total. The smallest absolute Gasteiger partial charge is 0.314 e. The number of nitrogens with zero attached hydrogens (tertiary/aromatic N) is 1. The quantitative estimate of drug-likeness (QED) is 0.644. The molecule has 0 radical (unpaired) electrons. The normalized spacial score (nSPS) is 13.5. The molecule has 0 N–H and O–H groups in total. The Bertz CT molecular complexity index is 491. The van der Waals surface area contributed by atoms with Crippen molar-refractivity contribution in [2.24, 2.45) is 0 Å². The van der Waals surface area contributed by atoms with Crippen molar-refractivity contribution in [1.82, 2.24) is 4.98 Å². The van der Waals surface area contributed by atoms with Crippen LogP contribution in [0.15, 0.2) is 12.3 Å². The predicted molar refractivity (Wildman–Crippen MR) is 103 cm³/mol. The summed E-state index contributed by atoms with van der Waals surface area (Å²) in [6, 6.07) is 3.18. The summed E-state index contributed by atoms with van der Waals surface area (Å²) in [6.07, 6.45) is 2.92. The predicted octanol–water partition coefficient (Wildman–Crippen LogP) is 5.02. The Kier molecular flexibility index (Phi) is 6.37. The fourth-order valence-corrected chi connectivity index (χ4v) is 15.0. The Morgan fingerprint density at radius 1 is 0.864 bits per heavy atom. The van der Waals surface area contributed by atoms with Crippen LogP contribution in [0.1, 0.15) is 16.8 Å². The molecule has 0 atom stereocenters. The fourth-order valence-electron chi connectivity index (χ4n) is 2.59. The van der Waals surface area contributed by atoms with Crippen LogP contribution < -0.4 is 0 Å². The average Bonchev–Trinajstić information content (AvgIpc) is 2.26. The summed E-state index contributed by atoms with van der Waals surface area (Å²) >= 11 is 0. The van der Waals surface area contributed by atoms with Gasteiger partial charge in [0.2, 0.25) is 0 Å². The Balaban J connectivity index is 2.86. The number of pyridine rings is 1. The van der Waals surface area contributed by atoms with Crippen LogP contribution in [0, 0.1) is 13.8 Å². The van der Waals surface area contributed by atoms with Gasteiger partial charge in [0.1, 0.15) is 0 Å². The zero-order valence-electron chi connectivity index (χ0n) is 15.8. The van der Waals surface area contributed by atoms with Crippen molar-refractivity contribution in [2.45, 2.75) is 72.1 Å². The van der Waals surface area contributed by atoms with Gasteiger partial charge in [-0.2, -0.15) is 0 Å². The zero-order chi connectivity index (χ0) is 17.2. The highest BCUT2D eigenvalue weighted by atomic mass is 28.5. The summed E-state index contributed by atoms with van der Waals surface area (Å²) in [4.78, 5) is 4.57. The minimum absolute atomic E-state index is 0.943. The van der Waals surface area contributed by atoms with Gasteiger partial charge >= 0.3 is 8.56 Å². The van der Waals surface area contributed by atoms with E-state index in [1.165, 1.54) is 11.1 Å². The highest BCUT2D eigenvalue weighted by Gasteiger charge is 2.39. The number of rotatable bonds is 7. The molecule has 0 aliphatic heterocycles. The molecule has 0 aliphatic carbocycles. The first kappa shape index (κ1) is 19.8. The summed E-state index contributed by atoms with van der Waals surface area (Å²) in [6.45, 7) is 20.0. The highest BCUT2D eigenvalue weighted by Crippen LogP contribution is 2.25. The van der Waals surface area contributed by atoms with Gasteiger partial charge in [-0.1, -0.05) is 0 Å². The van der Waals surface area contributed by atoms with Gasteiger partial charge in [-0.25, -0.2) is 0 Å². The fraction of sp³-hybridized carbons (Fsp3) is 0.688. The number of aryl methyl sites for hydroxylation is 3. The second-order valence-corrected chi connectivity index (χ2v) is 21.2. The van der Waals surface area contributed by atoms with Gasteiger partial charge in [0.15, 0.2) is 16.6 Å². The van der Waals surface area contributed by atoms with E-state index in [4.69, 9.17) is 8.23 Å². The number of aromatic nitrogens is 1. The first-order valence-electron chi connectivity index (χ1n) is 8.12. The van der Waals surface area contributed by atoms with E-state index in [2.05, 4.69) is 70.7 Å². The Hall–Kier alpha value is -0.279. The van der Waals surface area contributed by atoms with Crippen LogP contribution in [-0.4, -0.2) is 30.2 Å². The molecule has 0 bridgehead atoms. The molecule has 0 spiro atoms. The molecule has 0 saturated carbocycles. The van der Waals surface area contributed by atoms with Crippen LogP contribution in [0.25, 0.3) is 0 Å². The van der Waals surface area contributed by atoms with Crippen LogP contribution in [0.4, 0.5) is 0 Å². The topological polar surface area (TPSA) is 31.4 Å². The molecule has 1 aromatic rings. The van der Waals surface area contributed by atoms with Crippen molar-refractivity contribution in [1.29, 1.82) is 0 Å². The van der Waals surface area contributed by atoms with E-state index >= 15 is 0 Å². The van der Waals surface area contributed by atoms with Gasteiger partial charge in [0.25, 0.3) is 0 Å². The van der Waals surface area contributed by atoms with Crippen molar-refractivity contribution >= 4 is 25.2 Å². The molecule has 1 aromatic heterocycles. The zero-order valence-corrected chi connectivity index (χ0v) is 18.8. The summed E-state index contributed by atoms with van der Waals surface area (Å²) < 4.78 is 13.1. The van der Waals surface area contributed by atoms with E-state index in [1.807, 2.05) is 6.20 Å². The largest absolute Gasteiger partial charge is 0.437 e. The van der Waals surface area contributed by atoms with E-state index in [-0.39, 0.29) is 0 Å². The molecule has 6 heteroatoms.